The lowest BCUT2D eigenvalue weighted by Gasteiger charge is -2.16. The van der Waals surface area contributed by atoms with E-state index in [0.29, 0.717) is 17.9 Å². The van der Waals surface area contributed by atoms with Crippen LogP contribution in [0.15, 0.2) is 65.2 Å². The number of carbonyl (C=O) groups is 2. The average molecular weight is 324 g/mol. The van der Waals surface area contributed by atoms with Gasteiger partial charge < -0.3 is 0 Å². The second-order valence-corrected chi connectivity index (χ2v) is 5.64. The van der Waals surface area contributed by atoms with Crippen LogP contribution in [0.2, 0.25) is 0 Å². The van der Waals surface area contributed by atoms with Crippen molar-refractivity contribution in [1.82, 2.24) is 4.90 Å². The molecule has 0 aromatic heterocycles. The minimum atomic E-state index is -0.319. The Kier molecular flexibility index (Phi) is 4.21. The van der Waals surface area contributed by atoms with Crippen molar-refractivity contribution in [3.05, 3.63) is 65.9 Å². The number of urea groups is 1. The van der Waals surface area contributed by atoms with Gasteiger partial charge in [0.1, 0.15) is 5.70 Å². The Balaban J connectivity index is 2.08. The Hall–Kier alpha value is -2.53. The number of hydrogen-bond donors (Lipinski definition) is 1. The van der Waals surface area contributed by atoms with Gasteiger partial charge >= 0.3 is 6.03 Å². The molecule has 2 aromatic rings. The smallest absolute Gasteiger partial charge is 0.267 e. The summed E-state index contributed by atoms with van der Waals surface area (Å²) >= 11 is 4.26. The fraction of sp³-hybridized carbons (Fsp3) is 0.111. The number of thiol groups is 1. The number of nitrogens with zero attached hydrogens (tertiary/aromatic N) is 2. The van der Waals surface area contributed by atoms with Crippen LogP contribution in [0.3, 0.4) is 0 Å². The van der Waals surface area contributed by atoms with Gasteiger partial charge in [-0.3, -0.25) is 14.6 Å². The Morgan fingerprint density at radius 3 is 2.26 bits per heavy atom. The van der Waals surface area contributed by atoms with E-state index in [1.54, 1.807) is 13.0 Å². The first-order valence-electron chi connectivity index (χ1n) is 7.33. The lowest BCUT2D eigenvalue weighted by Crippen LogP contribution is -2.32. The number of para-hydroxylation sites is 1. The van der Waals surface area contributed by atoms with Crippen molar-refractivity contribution in [3.63, 3.8) is 0 Å². The fourth-order valence-corrected chi connectivity index (χ4v) is 2.65. The van der Waals surface area contributed by atoms with Crippen molar-refractivity contribution >= 4 is 36.3 Å². The highest BCUT2D eigenvalue weighted by Crippen LogP contribution is 2.29. The highest BCUT2D eigenvalue weighted by molar-refractivity contribution is 7.80. The predicted molar refractivity (Wildman–Crippen MR) is 93.4 cm³/mol. The van der Waals surface area contributed by atoms with Crippen LogP contribution in [-0.4, -0.2) is 23.4 Å². The van der Waals surface area contributed by atoms with Gasteiger partial charge in [0.15, 0.2) is 0 Å². The molecular formula is C18H16N2O2S. The zero-order valence-corrected chi connectivity index (χ0v) is 13.5. The summed E-state index contributed by atoms with van der Waals surface area (Å²) in [5.41, 5.74) is 1.88. The van der Waals surface area contributed by atoms with Crippen LogP contribution in [0.1, 0.15) is 12.5 Å². The molecule has 0 radical (unpaired) electrons. The number of benzene rings is 2. The van der Waals surface area contributed by atoms with Gasteiger partial charge in [0.2, 0.25) is 0 Å². The van der Waals surface area contributed by atoms with E-state index in [2.05, 4.69) is 12.6 Å². The number of rotatable bonds is 3. The van der Waals surface area contributed by atoms with Crippen molar-refractivity contribution < 1.29 is 9.59 Å². The van der Waals surface area contributed by atoms with Crippen molar-refractivity contribution in [2.45, 2.75) is 11.8 Å². The summed E-state index contributed by atoms with van der Waals surface area (Å²) in [4.78, 5) is 28.7. The third-order valence-electron chi connectivity index (χ3n) is 3.65. The second kappa shape index (κ2) is 6.30. The lowest BCUT2D eigenvalue weighted by molar-refractivity contribution is -0.122. The molecular weight excluding hydrogens is 308 g/mol. The molecule has 23 heavy (non-hydrogen) atoms. The van der Waals surface area contributed by atoms with Crippen molar-refractivity contribution in [2.24, 2.45) is 0 Å². The van der Waals surface area contributed by atoms with E-state index in [-0.39, 0.29) is 11.9 Å². The van der Waals surface area contributed by atoms with Crippen molar-refractivity contribution in [2.75, 3.05) is 11.4 Å². The molecule has 2 aromatic carbocycles. The molecule has 5 heteroatoms. The first-order chi connectivity index (χ1) is 11.1. The standard InChI is InChI=1S/C18H16N2O2S/c1-2-19-17(21)16(12-13-8-10-15(23)11-9-13)20(18(19)22)14-6-4-3-5-7-14/h3-12,23H,2H2,1H3/b16-12+. The van der Waals surface area contributed by atoms with E-state index in [1.165, 1.54) is 9.80 Å². The monoisotopic (exact) mass is 324 g/mol. The van der Waals surface area contributed by atoms with E-state index in [0.717, 1.165) is 10.5 Å². The van der Waals surface area contributed by atoms with Gasteiger partial charge in [-0.2, -0.15) is 0 Å². The van der Waals surface area contributed by atoms with E-state index >= 15 is 0 Å². The molecule has 1 heterocycles. The Morgan fingerprint density at radius 1 is 1.00 bits per heavy atom. The van der Waals surface area contributed by atoms with E-state index in [4.69, 9.17) is 0 Å². The van der Waals surface area contributed by atoms with Gasteiger partial charge in [0.05, 0.1) is 5.69 Å². The molecule has 1 aliphatic heterocycles. The summed E-state index contributed by atoms with van der Waals surface area (Å²) in [7, 11) is 0. The van der Waals surface area contributed by atoms with Crippen molar-refractivity contribution in [1.29, 1.82) is 0 Å². The average Bonchev–Trinajstić information content (AvgIpc) is 2.80. The van der Waals surface area contributed by atoms with E-state index in [1.807, 2.05) is 54.6 Å². The third-order valence-corrected chi connectivity index (χ3v) is 3.95. The highest BCUT2D eigenvalue weighted by atomic mass is 32.1. The quantitative estimate of drug-likeness (QED) is 0.530. The van der Waals surface area contributed by atoms with Crippen LogP contribution in [-0.2, 0) is 4.79 Å². The summed E-state index contributed by atoms with van der Waals surface area (Å²) in [5.74, 6) is -0.281. The van der Waals surface area contributed by atoms with Crippen LogP contribution in [0, 0.1) is 0 Å². The largest absolute Gasteiger partial charge is 0.336 e. The first-order valence-corrected chi connectivity index (χ1v) is 7.78. The Morgan fingerprint density at radius 2 is 1.65 bits per heavy atom. The molecule has 0 bridgehead atoms. The first kappa shape index (κ1) is 15.4. The molecule has 0 spiro atoms. The number of amides is 3. The highest BCUT2D eigenvalue weighted by Gasteiger charge is 2.40. The van der Waals surface area contributed by atoms with Crippen LogP contribution in [0.4, 0.5) is 10.5 Å². The molecule has 0 aliphatic carbocycles. The minimum absolute atomic E-state index is 0.281. The summed E-state index contributed by atoms with van der Waals surface area (Å²) in [5, 5.41) is 0. The number of imide groups is 1. The minimum Gasteiger partial charge on any atom is -0.267 e. The molecule has 0 atom stereocenters. The maximum atomic E-state index is 12.6. The molecule has 1 saturated heterocycles. The Bertz CT molecular complexity index is 769. The van der Waals surface area contributed by atoms with Crippen LogP contribution in [0.5, 0.6) is 0 Å². The molecule has 0 saturated carbocycles. The van der Waals surface area contributed by atoms with Gasteiger partial charge in [-0.1, -0.05) is 30.3 Å². The molecule has 4 nitrogen and oxygen atoms in total. The lowest BCUT2D eigenvalue weighted by atomic mass is 10.1. The van der Waals surface area contributed by atoms with Crippen LogP contribution in [0.25, 0.3) is 6.08 Å². The maximum absolute atomic E-state index is 12.6. The van der Waals surface area contributed by atoms with Gasteiger partial charge in [0.25, 0.3) is 5.91 Å². The van der Waals surface area contributed by atoms with Gasteiger partial charge in [-0.15, -0.1) is 12.6 Å². The molecule has 3 rings (SSSR count). The number of anilines is 1. The number of hydrogen-bond acceptors (Lipinski definition) is 3. The predicted octanol–water partition coefficient (Wildman–Crippen LogP) is 3.80. The normalized spacial score (nSPS) is 16.5. The number of carbonyl (C=O) groups excluding carboxylic acids is 2. The molecule has 3 amide bonds. The molecule has 1 fully saturated rings. The summed E-state index contributed by atoms with van der Waals surface area (Å²) in [6, 6.07) is 16.3. The third kappa shape index (κ3) is 2.87. The topological polar surface area (TPSA) is 40.6 Å². The van der Waals surface area contributed by atoms with Gasteiger partial charge in [-0.25, -0.2) is 4.79 Å². The summed E-state index contributed by atoms with van der Waals surface area (Å²) in [6.07, 6.45) is 1.73. The second-order valence-electron chi connectivity index (χ2n) is 5.12. The van der Waals surface area contributed by atoms with Crippen LogP contribution >= 0.6 is 12.6 Å². The Labute approximate surface area is 140 Å². The molecule has 1 aliphatic rings. The zero-order valence-electron chi connectivity index (χ0n) is 12.6. The van der Waals surface area contributed by atoms with Gasteiger partial charge in [0, 0.05) is 11.4 Å². The SMILES string of the molecule is CCN1C(=O)/C(=C\c2ccc(S)cc2)N(c2ccccc2)C1=O. The summed E-state index contributed by atoms with van der Waals surface area (Å²) < 4.78 is 0. The summed E-state index contributed by atoms with van der Waals surface area (Å²) in [6.45, 7) is 2.13. The van der Waals surface area contributed by atoms with Crippen LogP contribution < -0.4 is 4.90 Å². The maximum Gasteiger partial charge on any atom is 0.336 e. The molecule has 0 N–H and O–H groups in total. The molecule has 116 valence electrons. The fourth-order valence-electron chi connectivity index (χ4n) is 2.50. The number of likely N-dealkylation sites (N-methyl/N-ethyl adjacent to an activating group) is 1. The van der Waals surface area contributed by atoms with E-state index in [9.17, 15) is 9.59 Å². The van der Waals surface area contributed by atoms with E-state index < -0.39 is 0 Å². The zero-order chi connectivity index (χ0) is 16.4. The van der Waals surface area contributed by atoms with Crippen molar-refractivity contribution in [3.8, 4) is 0 Å². The molecule has 0 unspecified atom stereocenters. The van der Waals surface area contributed by atoms with Gasteiger partial charge in [-0.05, 0) is 42.8 Å².